The van der Waals surface area contributed by atoms with Crippen molar-refractivity contribution in [3.63, 3.8) is 0 Å². The van der Waals surface area contributed by atoms with Gasteiger partial charge in [-0.3, -0.25) is 0 Å². The van der Waals surface area contributed by atoms with Crippen molar-refractivity contribution in [2.45, 2.75) is 112 Å². The van der Waals surface area contributed by atoms with Crippen LogP contribution >= 0.6 is 0 Å². The lowest BCUT2D eigenvalue weighted by Gasteiger charge is -2.60. The summed E-state index contributed by atoms with van der Waals surface area (Å²) in [5.41, 5.74) is 1.04. The first-order valence-electron chi connectivity index (χ1n) is 13.6. The summed E-state index contributed by atoms with van der Waals surface area (Å²) in [5, 5.41) is 10.1. The highest BCUT2D eigenvalue weighted by atomic mass is 16.3. The Balaban J connectivity index is 1.46. The second-order valence-corrected chi connectivity index (χ2v) is 13.0. The summed E-state index contributed by atoms with van der Waals surface area (Å²) < 4.78 is 0. The molecule has 1 heteroatoms. The lowest BCUT2D eigenvalue weighted by Crippen LogP contribution is -2.52. The maximum atomic E-state index is 10.1. The molecule has 1 nitrogen and oxygen atoms in total. The van der Waals surface area contributed by atoms with Gasteiger partial charge in [-0.1, -0.05) is 54.4 Å². The summed E-state index contributed by atoms with van der Waals surface area (Å²) in [5.74, 6) is 7.83. The molecular weight excluding hydrogens is 364 g/mol. The highest BCUT2D eigenvalue weighted by Gasteiger charge is 2.60. The minimum atomic E-state index is 0.450. The van der Waals surface area contributed by atoms with Gasteiger partial charge in [0.15, 0.2) is 0 Å². The van der Waals surface area contributed by atoms with Gasteiger partial charge in [0.25, 0.3) is 0 Å². The van der Waals surface area contributed by atoms with Crippen molar-refractivity contribution in [3.8, 4) is 0 Å². The molecular formula is C29H50O. The van der Waals surface area contributed by atoms with Crippen LogP contribution in [0, 0.1) is 58.2 Å². The summed E-state index contributed by atoms with van der Waals surface area (Å²) in [6, 6.07) is 0. The van der Waals surface area contributed by atoms with Gasteiger partial charge in [0.1, 0.15) is 0 Å². The third kappa shape index (κ3) is 3.69. The molecule has 0 aliphatic heterocycles. The zero-order valence-electron chi connectivity index (χ0n) is 20.9. The molecule has 0 aromatic carbocycles. The molecule has 0 radical (unpaired) electrons. The van der Waals surface area contributed by atoms with Crippen molar-refractivity contribution in [3.05, 3.63) is 11.8 Å². The maximum Gasteiger partial charge on any atom is 0.0886 e. The molecule has 1 unspecified atom stereocenters. The van der Waals surface area contributed by atoms with Crippen LogP contribution < -0.4 is 0 Å². The third-order valence-electron chi connectivity index (χ3n) is 11.5. The van der Waals surface area contributed by atoms with Gasteiger partial charge in [0.05, 0.1) is 5.76 Å². The molecule has 0 aromatic heterocycles. The molecule has 0 bridgehead atoms. The molecule has 3 saturated carbocycles. The lowest BCUT2D eigenvalue weighted by atomic mass is 9.45. The molecule has 4 aliphatic carbocycles. The molecule has 1 N–H and O–H groups in total. The van der Waals surface area contributed by atoms with Gasteiger partial charge in [-0.15, -0.1) is 0 Å². The van der Waals surface area contributed by atoms with E-state index in [2.05, 4.69) is 47.6 Å². The molecule has 172 valence electrons. The van der Waals surface area contributed by atoms with E-state index in [1.807, 2.05) is 0 Å². The summed E-state index contributed by atoms with van der Waals surface area (Å²) >= 11 is 0. The van der Waals surface area contributed by atoms with E-state index in [1.54, 1.807) is 0 Å². The number of hydrogen-bond donors (Lipinski definition) is 1. The molecule has 4 rings (SSSR count). The predicted octanol–water partition coefficient (Wildman–Crippen LogP) is 8.80. The predicted molar refractivity (Wildman–Crippen MR) is 128 cm³/mol. The van der Waals surface area contributed by atoms with Gasteiger partial charge < -0.3 is 5.11 Å². The van der Waals surface area contributed by atoms with Crippen molar-refractivity contribution in [1.82, 2.24) is 0 Å². The van der Waals surface area contributed by atoms with Crippen molar-refractivity contribution < 1.29 is 5.11 Å². The molecule has 0 saturated heterocycles. The molecule has 30 heavy (non-hydrogen) atoms. The molecule has 4 aliphatic rings. The summed E-state index contributed by atoms with van der Waals surface area (Å²) in [4.78, 5) is 0. The van der Waals surface area contributed by atoms with E-state index in [0.717, 1.165) is 60.2 Å². The van der Waals surface area contributed by atoms with Crippen LogP contribution in [0.5, 0.6) is 0 Å². The van der Waals surface area contributed by atoms with E-state index in [9.17, 15) is 5.11 Å². The zero-order valence-corrected chi connectivity index (χ0v) is 20.9. The average molecular weight is 415 g/mol. The fraction of sp³-hybridized carbons (Fsp3) is 0.931. The Bertz CT molecular complexity index is 634. The van der Waals surface area contributed by atoms with Crippen LogP contribution in [0.1, 0.15) is 112 Å². The topological polar surface area (TPSA) is 20.2 Å². The van der Waals surface area contributed by atoms with E-state index in [-0.39, 0.29) is 0 Å². The number of allylic oxidation sites excluding steroid dienone is 2. The van der Waals surface area contributed by atoms with Crippen LogP contribution in [0.2, 0.25) is 0 Å². The van der Waals surface area contributed by atoms with Gasteiger partial charge in [-0.05, 0) is 116 Å². The van der Waals surface area contributed by atoms with Crippen molar-refractivity contribution in [1.29, 1.82) is 0 Å². The minimum absolute atomic E-state index is 0.450. The minimum Gasteiger partial charge on any atom is -0.513 e. The van der Waals surface area contributed by atoms with Crippen LogP contribution in [0.4, 0.5) is 0 Å². The van der Waals surface area contributed by atoms with E-state index in [1.165, 1.54) is 57.8 Å². The standard InChI is InChI=1S/C29H50O/c1-7-21(19(2)3)9-8-20(4)25-12-13-26-24-11-10-22-18-23(30)14-16-28(22,5)27(24)15-17-29(25,26)6/h14,19-22,24-27,30H,7-13,15-18H2,1-6H3/t20-,21?,22-,24+,25-,26+,27+,28+,29-/m1/s1. The van der Waals surface area contributed by atoms with Crippen LogP contribution in [-0.2, 0) is 0 Å². The van der Waals surface area contributed by atoms with Crippen LogP contribution in [-0.4, -0.2) is 5.11 Å². The van der Waals surface area contributed by atoms with E-state index < -0.39 is 0 Å². The highest BCUT2D eigenvalue weighted by Crippen LogP contribution is 2.68. The molecule has 9 atom stereocenters. The molecule has 0 amide bonds. The zero-order chi connectivity index (χ0) is 21.7. The molecule has 0 spiro atoms. The number of aliphatic hydroxyl groups excluding tert-OH is 1. The normalized spacial score (nSPS) is 45.3. The van der Waals surface area contributed by atoms with Gasteiger partial charge >= 0.3 is 0 Å². The largest absolute Gasteiger partial charge is 0.513 e. The lowest BCUT2D eigenvalue weighted by molar-refractivity contribution is -0.104. The van der Waals surface area contributed by atoms with E-state index >= 15 is 0 Å². The first-order valence-corrected chi connectivity index (χ1v) is 13.6. The Morgan fingerprint density at radius 3 is 2.40 bits per heavy atom. The molecule has 0 aromatic rings. The molecule has 3 fully saturated rings. The van der Waals surface area contributed by atoms with E-state index in [0.29, 0.717) is 16.6 Å². The number of hydrogen-bond acceptors (Lipinski definition) is 1. The highest BCUT2D eigenvalue weighted by molar-refractivity contribution is 5.14. The molecule has 0 heterocycles. The fourth-order valence-electron chi connectivity index (χ4n) is 9.52. The van der Waals surface area contributed by atoms with Gasteiger partial charge in [0, 0.05) is 6.42 Å². The Kier molecular flexibility index (Phi) is 6.42. The van der Waals surface area contributed by atoms with Crippen molar-refractivity contribution in [2.75, 3.05) is 0 Å². The van der Waals surface area contributed by atoms with Crippen molar-refractivity contribution in [2.24, 2.45) is 58.2 Å². The van der Waals surface area contributed by atoms with Crippen LogP contribution in [0.15, 0.2) is 11.8 Å². The Morgan fingerprint density at radius 2 is 1.70 bits per heavy atom. The first kappa shape index (κ1) is 22.7. The second-order valence-electron chi connectivity index (χ2n) is 13.0. The second kappa shape index (κ2) is 8.47. The van der Waals surface area contributed by atoms with Gasteiger partial charge in [-0.25, -0.2) is 0 Å². The summed E-state index contributed by atoms with van der Waals surface area (Å²) in [7, 11) is 0. The van der Waals surface area contributed by atoms with Crippen LogP contribution in [0.3, 0.4) is 0 Å². The van der Waals surface area contributed by atoms with Crippen molar-refractivity contribution >= 4 is 0 Å². The quantitative estimate of drug-likeness (QED) is 0.460. The van der Waals surface area contributed by atoms with Gasteiger partial charge in [-0.2, -0.15) is 0 Å². The number of aliphatic hydroxyl groups is 1. The SMILES string of the molecule is CCC(CC[C@@H](C)[C@H]1CC[C@H]2[C@@H]3CC[C@@H]4CC(O)=CC[C@]4(C)[C@H]3CC[C@]12C)C(C)C. The Morgan fingerprint density at radius 1 is 0.967 bits per heavy atom. The third-order valence-corrected chi connectivity index (χ3v) is 11.5. The number of rotatable bonds is 6. The number of fused-ring (bicyclic) bond motifs is 5. The Labute approximate surface area is 187 Å². The summed E-state index contributed by atoms with van der Waals surface area (Å²) in [6.45, 7) is 15.1. The average Bonchev–Trinajstić information content (AvgIpc) is 3.06. The smallest absolute Gasteiger partial charge is 0.0886 e. The Hall–Kier alpha value is -0.460. The fourth-order valence-corrected chi connectivity index (χ4v) is 9.52. The monoisotopic (exact) mass is 414 g/mol. The summed E-state index contributed by atoms with van der Waals surface area (Å²) in [6.07, 6.45) is 17.2. The van der Waals surface area contributed by atoms with Gasteiger partial charge in [0.2, 0.25) is 0 Å². The van der Waals surface area contributed by atoms with E-state index in [4.69, 9.17) is 0 Å². The maximum absolute atomic E-state index is 10.1. The first-order chi connectivity index (χ1) is 14.2. The van der Waals surface area contributed by atoms with Crippen LogP contribution in [0.25, 0.3) is 0 Å².